The molecular formula is C15H20ClN3. The average Bonchev–Trinajstić information content (AvgIpc) is 2.75. The van der Waals surface area contributed by atoms with Gasteiger partial charge < -0.3 is 5.32 Å². The molecule has 2 aromatic rings. The number of halogens is 1. The van der Waals surface area contributed by atoms with Gasteiger partial charge in [0.05, 0.1) is 11.9 Å². The molecule has 102 valence electrons. The predicted molar refractivity (Wildman–Crippen MR) is 80.0 cm³/mol. The lowest BCUT2D eigenvalue weighted by atomic mass is 10.2. The number of hydrogen-bond donors (Lipinski definition) is 1. The minimum Gasteiger partial charge on any atom is -0.313 e. The zero-order valence-corrected chi connectivity index (χ0v) is 12.5. The van der Waals surface area contributed by atoms with Crippen LogP contribution in [0.25, 0.3) is 5.69 Å². The van der Waals surface area contributed by atoms with E-state index in [-0.39, 0.29) is 0 Å². The molecule has 0 aliphatic rings. The van der Waals surface area contributed by atoms with Gasteiger partial charge in [-0.2, -0.15) is 5.10 Å². The molecule has 0 atom stereocenters. The number of rotatable bonds is 5. The van der Waals surface area contributed by atoms with E-state index >= 15 is 0 Å². The van der Waals surface area contributed by atoms with E-state index in [0.717, 1.165) is 41.5 Å². The summed E-state index contributed by atoms with van der Waals surface area (Å²) in [5.41, 5.74) is 4.48. The lowest BCUT2D eigenvalue weighted by Crippen LogP contribution is -2.14. The molecule has 0 radical (unpaired) electrons. The second kappa shape index (κ2) is 6.22. The highest BCUT2D eigenvalue weighted by molar-refractivity contribution is 6.31. The van der Waals surface area contributed by atoms with E-state index in [0.29, 0.717) is 0 Å². The number of nitrogens with zero attached hydrogens (tertiary/aromatic N) is 2. The topological polar surface area (TPSA) is 29.9 Å². The first kappa shape index (κ1) is 14.1. The maximum absolute atomic E-state index is 6.17. The number of nitrogens with one attached hydrogen (secondary N) is 1. The molecule has 0 aliphatic heterocycles. The lowest BCUT2D eigenvalue weighted by Gasteiger charge is -2.08. The standard InChI is InChI=1S/C15H20ClN3/c1-4-7-17-9-13-10-18-19(12(13)3)14-6-5-11(2)15(16)8-14/h5-6,8,10,17H,4,7,9H2,1-3H3. The van der Waals surface area contributed by atoms with Crippen LogP contribution >= 0.6 is 11.6 Å². The summed E-state index contributed by atoms with van der Waals surface area (Å²) in [7, 11) is 0. The van der Waals surface area contributed by atoms with Gasteiger partial charge in [-0.1, -0.05) is 24.6 Å². The van der Waals surface area contributed by atoms with E-state index in [1.54, 1.807) is 0 Å². The summed E-state index contributed by atoms with van der Waals surface area (Å²) in [4.78, 5) is 0. The van der Waals surface area contributed by atoms with Crippen LogP contribution in [0.4, 0.5) is 0 Å². The van der Waals surface area contributed by atoms with Crippen molar-refractivity contribution in [3.8, 4) is 5.69 Å². The normalized spacial score (nSPS) is 10.9. The fourth-order valence-corrected chi connectivity index (χ4v) is 2.17. The van der Waals surface area contributed by atoms with Crippen LogP contribution in [0.3, 0.4) is 0 Å². The molecule has 0 saturated heterocycles. The van der Waals surface area contributed by atoms with Crippen molar-refractivity contribution in [2.45, 2.75) is 33.7 Å². The van der Waals surface area contributed by atoms with Crippen LogP contribution in [0, 0.1) is 13.8 Å². The van der Waals surface area contributed by atoms with Crippen molar-refractivity contribution < 1.29 is 0 Å². The molecule has 0 amide bonds. The highest BCUT2D eigenvalue weighted by atomic mass is 35.5. The summed E-state index contributed by atoms with van der Waals surface area (Å²) in [6.07, 6.45) is 3.06. The Balaban J connectivity index is 2.23. The van der Waals surface area contributed by atoms with Crippen molar-refractivity contribution in [1.29, 1.82) is 0 Å². The maximum Gasteiger partial charge on any atom is 0.0663 e. The van der Waals surface area contributed by atoms with Gasteiger partial charge in [-0.05, 0) is 44.5 Å². The Hall–Kier alpha value is -1.32. The average molecular weight is 278 g/mol. The van der Waals surface area contributed by atoms with Gasteiger partial charge in [-0.15, -0.1) is 0 Å². The molecule has 3 nitrogen and oxygen atoms in total. The smallest absolute Gasteiger partial charge is 0.0663 e. The zero-order valence-electron chi connectivity index (χ0n) is 11.7. The molecule has 4 heteroatoms. The zero-order chi connectivity index (χ0) is 13.8. The predicted octanol–water partition coefficient (Wildman–Crippen LogP) is 3.64. The molecule has 0 unspecified atom stereocenters. The molecule has 1 N–H and O–H groups in total. The summed E-state index contributed by atoms with van der Waals surface area (Å²) in [5.74, 6) is 0. The summed E-state index contributed by atoms with van der Waals surface area (Å²) < 4.78 is 1.94. The SMILES string of the molecule is CCCNCc1cnn(-c2ccc(C)c(Cl)c2)c1C. The van der Waals surface area contributed by atoms with Gasteiger partial charge in [-0.25, -0.2) is 4.68 Å². The maximum atomic E-state index is 6.17. The minimum atomic E-state index is 0.776. The monoisotopic (exact) mass is 277 g/mol. The number of benzene rings is 1. The van der Waals surface area contributed by atoms with Gasteiger partial charge in [0, 0.05) is 22.8 Å². The Labute approximate surface area is 119 Å². The molecule has 0 fully saturated rings. The molecule has 0 aliphatic carbocycles. The highest BCUT2D eigenvalue weighted by Gasteiger charge is 2.08. The van der Waals surface area contributed by atoms with E-state index in [1.165, 1.54) is 5.56 Å². The third-order valence-corrected chi connectivity index (χ3v) is 3.66. The van der Waals surface area contributed by atoms with Crippen molar-refractivity contribution in [2.24, 2.45) is 0 Å². The van der Waals surface area contributed by atoms with Crippen LogP contribution in [0.1, 0.15) is 30.2 Å². The molecule has 1 heterocycles. The first-order valence-electron chi connectivity index (χ1n) is 6.64. The van der Waals surface area contributed by atoms with E-state index in [1.807, 2.05) is 36.0 Å². The van der Waals surface area contributed by atoms with Crippen LogP contribution in [-0.4, -0.2) is 16.3 Å². The fraction of sp³-hybridized carbons (Fsp3) is 0.400. The van der Waals surface area contributed by atoms with E-state index < -0.39 is 0 Å². The van der Waals surface area contributed by atoms with Gasteiger partial charge in [-0.3, -0.25) is 0 Å². The van der Waals surface area contributed by atoms with Crippen molar-refractivity contribution in [1.82, 2.24) is 15.1 Å². The summed E-state index contributed by atoms with van der Waals surface area (Å²) in [6.45, 7) is 8.14. The largest absolute Gasteiger partial charge is 0.313 e. The van der Waals surface area contributed by atoms with Crippen molar-refractivity contribution in [3.05, 3.63) is 46.2 Å². The Morgan fingerprint density at radius 2 is 2.11 bits per heavy atom. The quantitative estimate of drug-likeness (QED) is 0.846. The van der Waals surface area contributed by atoms with Gasteiger partial charge in [0.1, 0.15) is 0 Å². The van der Waals surface area contributed by atoms with Crippen molar-refractivity contribution in [3.63, 3.8) is 0 Å². The molecule has 0 bridgehead atoms. The van der Waals surface area contributed by atoms with Gasteiger partial charge in [0.2, 0.25) is 0 Å². The molecule has 19 heavy (non-hydrogen) atoms. The van der Waals surface area contributed by atoms with E-state index in [4.69, 9.17) is 11.6 Å². The first-order valence-corrected chi connectivity index (χ1v) is 7.02. The molecular weight excluding hydrogens is 258 g/mol. The summed E-state index contributed by atoms with van der Waals surface area (Å²) >= 11 is 6.17. The van der Waals surface area contributed by atoms with E-state index in [2.05, 4.69) is 24.3 Å². The van der Waals surface area contributed by atoms with Gasteiger partial charge in [0.15, 0.2) is 0 Å². The summed E-state index contributed by atoms with van der Waals surface area (Å²) in [5, 5.41) is 8.63. The minimum absolute atomic E-state index is 0.776. The second-order valence-corrected chi connectivity index (χ2v) is 5.18. The van der Waals surface area contributed by atoms with Crippen LogP contribution in [0.15, 0.2) is 24.4 Å². The Kier molecular flexibility index (Phi) is 4.61. The van der Waals surface area contributed by atoms with Crippen LogP contribution in [0.5, 0.6) is 0 Å². The molecule has 2 rings (SSSR count). The molecule has 1 aromatic carbocycles. The molecule has 1 aromatic heterocycles. The number of aromatic nitrogens is 2. The second-order valence-electron chi connectivity index (χ2n) is 4.78. The van der Waals surface area contributed by atoms with Gasteiger partial charge in [0.25, 0.3) is 0 Å². The third-order valence-electron chi connectivity index (χ3n) is 3.25. The number of aryl methyl sites for hydroxylation is 1. The van der Waals surface area contributed by atoms with Crippen molar-refractivity contribution in [2.75, 3.05) is 6.54 Å². The van der Waals surface area contributed by atoms with Crippen LogP contribution < -0.4 is 5.32 Å². The van der Waals surface area contributed by atoms with E-state index in [9.17, 15) is 0 Å². The molecule has 0 saturated carbocycles. The Bertz CT molecular complexity index is 561. The lowest BCUT2D eigenvalue weighted by molar-refractivity contribution is 0.672. The van der Waals surface area contributed by atoms with Crippen LogP contribution in [0.2, 0.25) is 5.02 Å². The van der Waals surface area contributed by atoms with Crippen molar-refractivity contribution >= 4 is 11.6 Å². The first-order chi connectivity index (χ1) is 9.13. The Morgan fingerprint density at radius 1 is 1.32 bits per heavy atom. The fourth-order valence-electron chi connectivity index (χ4n) is 1.99. The number of hydrogen-bond acceptors (Lipinski definition) is 2. The Morgan fingerprint density at radius 3 is 2.79 bits per heavy atom. The van der Waals surface area contributed by atoms with Gasteiger partial charge >= 0.3 is 0 Å². The van der Waals surface area contributed by atoms with Crippen LogP contribution in [-0.2, 0) is 6.54 Å². The highest BCUT2D eigenvalue weighted by Crippen LogP contribution is 2.21. The molecule has 0 spiro atoms. The summed E-state index contributed by atoms with van der Waals surface area (Å²) in [6, 6.07) is 6.03. The third kappa shape index (κ3) is 3.17.